The molecule has 0 N–H and O–H groups in total. The number of nitrogens with zero attached hydrogens (tertiary/aromatic N) is 1. The molecule has 1 aliphatic carbocycles. The van der Waals surface area contributed by atoms with Gasteiger partial charge in [-0.3, -0.25) is 0 Å². The number of rotatable bonds is 3. The minimum absolute atomic E-state index is 0.900. The maximum absolute atomic E-state index is 5.79. The molecule has 0 unspecified atom stereocenters. The lowest BCUT2D eigenvalue weighted by atomic mass is 9.87. The van der Waals surface area contributed by atoms with Gasteiger partial charge < -0.3 is 4.74 Å². The van der Waals surface area contributed by atoms with Gasteiger partial charge in [-0.1, -0.05) is 36.4 Å². The van der Waals surface area contributed by atoms with Gasteiger partial charge in [0.2, 0.25) is 0 Å². The molecule has 0 saturated carbocycles. The fraction of sp³-hybridized carbons (Fsp3) is 0.208. The van der Waals surface area contributed by atoms with Crippen LogP contribution in [0.1, 0.15) is 24.0 Å². The van der Waals surface area contributed by atoms with Crippen LogP contribution in [0.5, 0.6) is 5.75 Å². The molecule has 1 aliphatic rings. The molecule has 3 heteroatoms. The Hall–Kier alpha value is -2.65. The Morgan fingerprint density at radius 1 is 0.963 bits per heavy atom. The molecule has 0 spiro atoms. The van der Waals surface area contributed by atoms with Crippen molar-refractivity contribution in [3.05, 3.63) is 71.1 Å². The lowest BCUT2D eigenvalue weighted by Gasteiger charge is -2.22. The summed E-state index contributed by atoms with van der Waals surface area (Å²) in [6.45, 7) is 0. The van der Waals surface area contributed by atoms with E-state index in [1.54, 1.807) is 18.4 Å². The van der Waals surface area contributed by atoms with E-state index in [1.165, 1.54) is 39.6 Å². The smallest absolute Gasteiger partial charge is 0.128 e. The third-order valence-electron chi connectivity index (χ3n) is 5.46. The highest BCUT2D eigenvalue weighted by Crippen LogP contribution is 2.41. The van der Waals surface area contributed by atoms with Crippen molar-refractivity contribution < 1.29 is 4.74 Å². The number of hydrogen-bond acceptors (Lipinski definition) is 3. The monoisotopic (exact) mass is 371 g/mol. The van der Waals surface area contributed by atoms with Gasteiger partial charge in [-0.05, 0) is 71.2 Å². The first-order valence-electron chi connectivity index (χ1n) is 9.48. The highest BCUT2D eigenvalue weighted by Gasteiger charge is 2.22. The van der Waals surface area contributed by atoms with E-state index in [2.05, 4.69) is 60.0 Å². The molecule has 5 rings (SSSR count). The number of benzene rings is 2. The first-order chi connectivity index (χ1) is 13.3. The van der Waals surface area contributed by atoms with Crippen LogP contribution < -0.4 is 4.74 Å². The predicted molar refractivity (Wildman–Crippen MR) is 114 cm³/mol. The summed E-state index contributed by atoms with van der Waals surface area (Å²) in [5.74, 6) is 0.900. The van der Waals surface area contributed by atoms with Crippen LogP contribution in [0.25, 0.3) is 32.6 Å². The molecular formula is C24H21NOS. The maximum Gasteiger partial charge on any atom is 0.128 e. The van der Waals surface area contributed by atoms with Crippen LogP contribution in [0.3, 0.4) is 0 Å². The predicted octanol–water partition coefficient (Wildman–Crippen LogP) is 6.52. The van der Waals surface area contributed by atoms with E-state index in [0.717, 1.165) is 35.5 Å². The van der Waals surface area contributed by atoms with Crippen molar-refractivity contribution in [1.82, 2.24) is 4.98 Å². The summed E-state index contributed by atoms with van der Waals surface area (Å²) in [5, 5.41) is 4.55. The van der Waals surface area contributed by atoms with E-state index in [-0.39, 0.29) is 0 Å². The summed E-state index contributed by atoms with van der Waals surface area (Å²) in [5.41, 5.74) is 6.16. The molecule has 2 aromatic carbocycles. The molecule has 0 saturated heterocycles. The van der Waals surface area contributed by atoms with Gasteiger partial charge in [-0.15, -0.1) is 11.3 Å². The van der Waals surface area contributed by atoms with Gasteiger partial charge in [-0.25, -0.2) is 4.98 Å². The lowest BCUT2D eigenvalue weighted by Crippen LogP contribution is -2.08. The zero-order valence-corrected chi connectivity index (χ0v) is 16.2. The second-order valence-electron chi connectivity index (χ2n) is 7.04. The minimum Gasteiger partial charge on any atom is -0.496 e. The second kappa shape index (κ2) is 6.82. The highest BCUT2D eigenvalue weighted by atomic mass is 32.1. The number of methoxy groups -OCH3 is 1. The quantitative estimate of drug-likeness (QED) is 0.409. The number of aromatic nitrogens is 1. The van der Waals surface area contributed by atoms with E-state index >= 15 is 0 Å². The molecule has 0 bridgehead atoms. The van der Waals surface area contributed by atoms with Crippen LogP contribution in [-0.4, -0.2) is 12.1 Å². The third kappa shape index (κ3) is 2.83. The molecule has 134 valence electrons. The topological polar surface area (TPSA) is 22.1 Å². The average Bonchev–Trinajstić information content (AvgIpc) is 3.27. The zero-order chi connectivity index (χ0) is 18.2. The van der Waals surface area contributed by atoms with Crippen LogP contribution >= 0.6 is 11.3 Å². The minimum atomic E-state index is 0.900. The Balaban J connectivity index is 1.85. The van der Waals surface area contributed by atoms with Crippen LogP contribution in [0.2, 0.25) is 0 Å². The van der Waals surface area contributed by atoms with Crippen molar-refractivity contribution in [2.75, 3.05) is 7.11 Å². The molecule has 0 radical (unpaired) electrons. The second-order valence-corrected chi connectivity index (χ2v) is 7.99. The Kier molecular flexibility index (Phi) is 4.17. The van der Waals surface area contributed by atoms with E-state index in [9.17, 15) is 0 Å². The van der Waals surface area contributed by atoms with Crippen LogP contribution in [0.15, 0.2) is 60.0 Å². The normalized spacial score (nSPS) is 13.5. The van der Waals surface area contributed by atoms with Crippen molar-refractivity contribution in [3.63, 3.8) is 0 Å². The fourth-order valence-electron chi connectivity index (χ4n) is 4.17. The number of hydrogen-bond donors (Lipinski definition) is 0. The Morgan fingerprint density at radius 3 is 2.70 bits per heavy atom. The molecule has 2 nitrogen and oxygen atoms in total. The first kappa shape index (κ1) is 16.5. The summed E-state index contributed by atoms with van der Waals surface area (Å²) in [7, 11) is 1.75. The Bertz CT molecular complexity index is 1110. The van der Waals surface area contributed by atoms with E-state index in [4.69, 9.17) is 9.72 Å². The summed E-state index contributed by atoms with van der Waals surface area (Å²) < 4.78 is 5.79. The van der Waals surface area contributed by atoms with Gasteiger partial charge in [-0.2, -0.15) is 0 Å². The molecular weight excluding hydrogens is 350 g/mol. The van der Waals surface area contributed by atoms with E-state index in [1.807, 2.05) is 0 Å². The van der Waals surface area contributed by atoms with Gasteiger partial charge in [0.25, 0.3) is 0 Å². The Labute approximate surface area is 163 Å². The van der Waals surface area contributed by atoms with Crippen molar-refractivity contribution in [2.24, 2.45) is 0 Å². The lowest BCUT2D eigenvalue weighted by molar-refractivity contribution is 0.417. The molecule has 4 aromatic rings. The number of ether oxygens (including phenoxy) is 1. The maximum atomic E-state index is 5.79. The van der Waals surface area contributed by atoms with E-state index < -0.39 is 0 Å². The summed E-state index contributed by atoms with van der Waals surface area (Å²) >= 11 is 1.75. The summed E-state index contributed by atoms with van der Waals surface area (Å²) in [4.78, 5) is 6.41. The van der Waals surface area contributed by atoms with Crippen molar-refractivity contribution >= 4 is 22.1 Å². The van der Waals surface area contributed by atoms with E-state index in [0.29, 0.717) is 0 Å². The van der Waals surface area contributed by atoms with Gasteiger partial charge in [0.15, 0.2) is 0 Å². The summed E-state index contributed by atoms with van der Waals surface area (Å²) in [6.07, 6.45) is 4.71. The molecule has 0 atom stereocenters. The van der Waals surface area contributed by atoms with Crippen molar-refractivity contribution in [3.8, 4) is 27.6 Å². The summed E-state index contributed by atoms with van der Waals surface area (Å²) in [6, 6.07) is 19.3. The first-order valence-corrected chi connectivity index (χ1v) is 10.4. The van der Waals surface area contributed by atoms with Gasteiger partial charge in [0.05, 0.1) is 28.9 Å². The standard InChI is InChI=1S/C24H21NOS/c1-26-21-13-12-16-7-2-4-9-18(16)23(21)24-19-10-5-3-8-17(19)15-20(25-24)22-11-6-14-27-22/h2,4,6-7,9,11-15H,3,5,8,10H2,1H3. The molecule has 2 aromatic heterocycles. The highest BCUT2D eigenvalue weighted by molar-refractivity contribution is 7.13. The third-order valence-corrected chi connectivity index (χ3v) is 6.35. The average molecular weight is 372 g/mol. The number of pyridine rings is 1. The van der Waals surface area contributed by atoms with Crippen LogP contribution in [0, 0.1) is 0 Å². The Morgan fingerprint density at radius 2 is 1.85 bits per heavy atom. The van der Waals surface area contributed by atoms with Crippen molar-refractivity contribution in [2.45, 2.75) is 25.7 Å². The molecule has 2 heterocycles. The SMILES string of the molecule is COc1ccc2ccccc2c1-c1nc(-c2cccs2)cc2c1CCCC2. The van der Waals surface area contributed by atoms with Crippen LogP contribution in [0.4, 0.5) is 0 Å². The van der Waals surface area contributed by atoms with Gasteiger partial charge >= 0.3 is 0 Å². The van der Waals surface area contributed by atoms with Gasteiger partial charge in [0, 0.05) is 0 Å². The zero-order valence-electron chi connectivity index (χ0n) is 15.4. The largest absolute Gasteiger partial charge is 0.496 e. The number of fused-ring (bicyclic) bond motifs is 2. The van der Waals surface area contributed by atoms with Gasteiger partial charge in [0.1, 0.15) is 5.75 Å². The van der Waals surface area contributed by atoms with Crippen molar-refractivity contribution in [1.29, 1.82) is 0 Å². The molecule has 0 aliphatic heterocycles. The number of thiophene rings is 1. The molecule has 27 heavy (non-hydrogen) atoms. The number of aryl methyl sites for hydroxylation is 1. The fourth-order valence-corrected chi connectivity index (χ4v) is 4.85. The molecule has 0 fully saturated rings. The van der Waals surface area contributed by atoms with Crippen LogP contribution in [-0.2, 0) is 12.8 Å². The molecule has 0 amide bonds.